The van der Waals surface area contributed by atoms with Crippen molar-refractivity contribution in [1.82, 2.24) is 9.55 Å². The highest BCUT2D eigenvalue weighted by molar-refractivity contribution is 5.41. The SMILES string of the molecule is CCn1c(C2CC2)nc(C(C)C)c1N. The Balaban J connectivity index is 2.43. The van der Waals surface area contributed by atoms with Gasteiger partial charge in [0.1, 0.15) is 11.6 Å². The van der Waals surface area contributed by atoms with Crippen molar-refractivity contribution in [1.29, 1.82) is 0 Å². The molecule has 0 unspecified atom stereocenters. The van der Waals surface area contributed by atoms with E-state index in [1.165, 1.54) is 18.7 Å². The van der Waals surface area contributed by atoms with Gasteiger partial charge in [-0.3, -0.25) is 0 Å². The van der Waals surface area contributed by atoms with Crippen LogP contribution in [-0.2, 0) is 6.54 Å². The fourth-order valence-corrected chi connectivity index (χ4v) is 1.91. The molecule has 1 saturated carbocycles. The Hall–Kier alpha value is -0.990. The van der Waals surface area contributed by atoms with Crippen molar-refractivity contribution in [2.45, 2.75) is 52.0 Å². The Morgan fingerprint density at radius 1 is 1.50 bits per heavy atom. The molecule has 1 aliphatic carbocycles. The maximum Gasteiger partial charge on any atom is 0.127 e. The molecule has 2 N–H and O–H groups in total. The van der Waals surface area contributed by atoms with Crippen molar-refractivity contribution in [3.8, 4) is 0 Å². The minimum absolute atomic E-state index is 0.431. The third kappa shape index (κ3) is 1.41. The molecule has 3 heteroatoms. The first-order valence-electron chi connectivity index (χ1n) is 5.50. The summed E-state index contributed by atoms with van der Waals surface area (Å²) in [5.74, 6) is 3.21. The van der Waals surface area contributed by atoms with Crippen molar-refractivity contribution in [3.63, 3.8) is 0 Å². The van der Waals surface area contributed by atoms with Crippen LogP contribution >= 0.6 is 0 Å². The molecule has 0 radical (unpaired) electrons. The topological polar surface area (TPSA) is 43.8 Å². The molecule has 0 aliphatic heterocycles. The summed E-state index contributed by atoms with van der Waals surface area (Å²) in [4.78, 5) is 4.68. The van der Waals surface area contributed by atoms with Crippen LogP contribution in [0.15, 0.2) is 0 Å². The molecule has 0 bridgehead atoms. The third-order valence-corrected chi connectivity index (χ3v) is 2.87. The maximum atomic E-state index is 6.08. The highest BCUT2D eigenvalue weighted by atomic mass is 15.1. The molecule has 1 fully saturated rings. The highest BCUT2D eigenvalue weighted by Gasteiger charge is 2.30. The van der Waals surface area contributed by atoms with Gasteiger partial charge in [-0.15, -0.1) is 0 Å². The molecule has 1 aromatic heterocycles. The van der Waals surface area contributed by atoms with Crippen LogP contribution in [-0.4, -0.2) is 9.55 Å². The van der Waals surface area contributed by atoms with Crippen molar-refractivity contribution in [3.05, 3.63) is 11.5 Å². The van der Waals surface area contributed by atoms with E-state index in [-0.39, 0.29) is 0 Å². The van der Waals surface area contributed by atoms with E-state index in [0.717, 1.165) is 18.1 Å². The molecular formula is C11H19N3. The average Bonchev–Trinajstić information content (AvgIpc) is 2.90. The second kappa shape index (κ2) is 3.30. The lowest BCUT2D eigenvalue weighted by Crippen LogP contribution is -2.05. The number of nitrogens with two attached hydrogens (primary N) is 1. The van der Waals surface area contributed by atoms with E-state index in [4.69, 9.17) is 5.73 Å². The first-order chi connectivity index (χ1) is 6.65. The summed E-state index contributed by atoms with van der Waals surface area (Å²) in [5.41, 5.74) is 7.16. The predicted octanol–water partition coefficient (Wildman–Crippen LogP) is 2.49. The minimum Gasteiger partial charge on any atom is -0.384 e. The van der Waals surface area contributed by atoms with Crippen LogP contribution in [0.4, 0.5) is 5.82 Å². The normalized spacial score (nSPS) is 16.6. The Labute approximate surface area is 85.3 Å². The Morgan fingerprint density at radius 2 is 2.14 bits per heavy atom. The Bertz CT molecular complexity index is 335. The zero-order valence-corrected chi connectivity index (χ0v) is 9.25. The van der Waals surface area contributed by atoms with Crippen LogP contribution in [0.3, 0.4) is 0 Å². The lowest BCUT2D eigenvalue weighted by Gasteiger charge is -2.05. The van der Waals surface area contributed by atoms with Crippen LogP contribution in [0.25, 0.3) is 0 Å². The number of hydrogen-bond acceptors (Lipinski definition) is 2. The van der Waals surface area contributed by atoms with Gasteiger partial charge >= 0.3 is 0 Å². The maximum absolute atomic E-state index is 6.08. The monoisotopic (exact) mass is 193 g/mol. The van der Waals surface area contributed by atoms with Crippen molar-refractivity contribution < 1.29 is 0 Å². The van der Waals surface area contributed by atoms with Gasteiger partial charge in [0.05, 0.1) is 5.69 Å². The summed E-state index contributed by atoms with van der Waals surface area (Å²) in [7, 11) is 0. The molecule has 0 atom stereocenters. The van der Waals surface area contributed by atoms with Gasteiger partial charge in [-0.1, -0.05) is 13.8 Å². The van der Waals surface area contributed by atoms with Crippen LogP contribution < -0.4 is 5.73 Å². The van der Waals surface area contributed by atoms with Gasteiger partial charge in [0.2, 0.25) is 0 Å². The largest absolute Gasteiger partial charge is 0.384 e. The summed E-state index contributed by atoms with van der Waals surface area (Å²) in [6.07, 6.45) is 2.57. The summed E-state index contributed by atoms with van der Waals surface area (Å²) in [6, 6.07) is 0. The van der Waals surface area contributed by atoms with E-state index in [1.54, 1.807) is 0 Å². The van der Waals surface area contributed by atoms with Crippen LogP contribution in [0, 0.1) is 0 Å². The Kier molecular flexibility index (Phi) is 2.25. The second-order valence-corrected chi connectivity index (χ2v) is 4.41. The van der Waals surface area contributed by atoms with Crippen LogP contribution in [0.2, 0.25) is 0 Å². The standard InChI is InChI=1S/C11H19N3/c1-4-14-10(12)9(7(2)3)13-11(14)8-5-6-8/h7-8H,4-6,12H2,1-3H3. The minimum atomic E-state index is 0.431. The highest BCUT2D eigenvalue weighted by Crippen LogP contribution is 2.41. The van der Waals surface area contributed by atoms with Crippen LogP contribution in [0.1, 0.15) is 57.0 Å². The van der Waals surface area contributed by atoms with Crippen LogP contribution in [0.5, 0.6) is 0 Å². The average molecular weight is 193 g/mol. The number of rotatable bonds is 3. The first kappa shape index (κ1) is 9.56. The van der Waals surface area contributed by atoms with E-state index in [9.17, 15) is 0 Å². The van der Waals surface area contributed by atoms with Crippen molar-refractivity contribution >= 4 is 5.82 Å². The predicted molar refractivity (Wildman–Crippen MR) is 58.4 cm³/mol. The number of imidazole rings is 1. The van der Waals surface area contributed by atoms with Gasteiger partial charge in [-0.05, 0) is 25.7 Å². The number of nitrogen functional groups attached to an aromatic ring is 1. The molecule has 0 amide bonds. The molecule has 1 aliphatic rings. The van der Waals surface area contributed by atoms with E-state index in [2.05, 4.69) is 30.3 Å². The number of nitrogens with zero attached hydrogens (tertiary/aromatic N) is 2. The fourth-order valence-electron chi connectivity index (χ4n) is 1.91. The third-order valence-electron chi connectivity index (χ3n) is 2.87. The van der Waals surface area contributed by atoms with Crippen molar-refractivity contribution in [2.75, 3.05) is 5.73 Å². The molecular weight excluding hydrogens is 174 g/mol. The van der Waals surface area contributed by atoms with E-state index < -0.39 is 0 Å². The molecule has 1 aromatic rings. The summed E-state index contributed by atoms with van der Waals surface area (Å²) in [6.45, 7) is 7.37. The number of anilines is 1. The second-order valence-electron chi connectivity index (χ2n) is 4.41. The molecule has 14 heavy (non-hydrogen) atoms. The van der Waals surface area contributed by atoms with Gasteiger partial charge in [-0.25, -0.2) is 4.98 Å². The summed E-state index contributed by atoms with van der Waals surface area (Å²) in [5, 5.41) is 0. The molecule has 0 saturated heterocycles. The van der Waals surface area contributed by atoms with E-state index in [1.807, 2.05) is 0 Å². The molecule has 2 rings (SSSR count). The first-order valence-corrected chi connectivity index (χ1v) is 5.50. The summed E-state index contributed by atoms with van der Waals surface area (Å²) < 4.78 is 2.17. The smallest absolute Gasteiger partial charge is 0.127 e. The molecule has 3 nitrogen and oxygen atoms in total. The van der Waals surface area contributed by atoms with Crippen molar-refractivity contribution in [2.24, 2.45) is 0 Å². The van der Waals surface area contributed by atoms with Gasteiger partial charge in [0.15, 0.2) is 0 Å². The number of hydrogen-bond donors (Lipinski definition) is 1. The molecule has 78 valence electrons. The lowest BCUT2D eigenvalue weighted by atomic mass is 10.1. The number of aromatic nitrogens is 2. The van der Waals surface area contributed by atoms with Gasteiger partial charge in [0, 0.05) is 12.5 Å². The molecule has 0 aromatic carbocycles. The van der Waals surface area contributed by atoms with E-state index >= 15 is 0 Å². The van der Waals surface area contributed by atoms with Gasteiger partial charge in [0.25, 0.3) is 0 Å². The zero-order valence-electron chi connectivity index (χ0n) is 9.25. The van der Waals surface area contributed by atoms with Gasteiger partial charge < -0.3 is 10.3 Å². The van der Waals surface area contributed by atoms with Gasteiger partial charge in [-0.2, -0.15) is 0 Å². The van der Waals surface area contributed by atoms with E-state index in [0.29, 0.717) is 11.8 Å². The lowest BCUT2D eigenvalue weighted by molar-refractivity contribution is 0.708. The Morgan fingerprint density at radius 3 is 2.57 bits per heavy atom. The molecule has 1 heterocycles. The zero-order chi connectivity index (χ0) is 10.3. The fraction of sp³-hybridized carbons (Fsp3) is 0.727. The molecule has 0 spiro atoms. The quantitative estimate of drug-likeness (QED) is 0.801. The summed E-state index contributed by atoms with van der Waals surface area (Å²) >= 11 is 0.